The van der Waals surface area contributed by atoms with Gasteiger partial charge in [-0.1, -0.05) is 166 Å². The summed E-state index contributed by atoms with van der Waals surface area (Å²) in [7, 11) is 0. The van der Waals surface area contributed by atoms with Crippen molar-refractivity contribution in [2.45, 2.75) is 33.1 Å². The van der Waals surface area contributed by atoms with Gasteiger partial charge in [-0.15, -0.1) is 0 Å². The molecule has 1 aliphatic rings. The summed E-state index contributed by atoms with van der Waals surface area (Å²) in [4.78, 5) is 2.46. The first kappa shape index (κ1) is 35.9. The molecule has 0 bridgehead atoms. The van der Waals surface area contributed by atoms with E-state index >= 15 is 0 Å². The molecule has 10 aromatic rings. The molecule has 1 nitrogen and oxygen atoms in total. The minimum atomic E-state index is 0.0117. The van der Waals surface area contributed by atoms with Crippen LogP contribution in [0.4, 0.5) is 17.1 Å². The van der Waals surface area contributed by atoms with E-state index in [2.05, 4.69) is 233 Å². The zero-order valence-electron chi connectivity index (χ0n) is 34.5. The van der Waals surface area contributed by atoms with Crippen LogP contribution >= 0.6 is 0 Å². The number of aryl methyl sites for hydroxylation is 1. The lowest BCUT2D eigenvalue weighted by Gasteiger charge is -2.31. The van der Waals surface area contributed by atoms with Crippen LogP contribution in [-0.2, 0) is 5.41 Å². The van der Waals surface area contributed by atoms with Gasteiger partial charge >= 0.3 is 0 Å². The zero-order chi connectivity index (χ0) is 40.5. The summed E-state index contributed by atoms with van der Waals surface area (Å²) in [5.41, 5.74) is 18.8. The predicted octanol–water partition coefficient (Wildman–Crippen LogP) is 16.9. The lowest BCUT2D eigenvalue weighted by Crippen LogP contribution is -2.15. The van der Waals surface area contributed by atoms with Gasteiger partial charge in [-0.05, 0) is 166 Å². The van der Waals surface area contributed by atoms with Gasteiger partial charge in [-0.3, -0.25) is 0 Å². The van der Waals surface area contributed by atoms with Crippen LogP contribution in [0, 0.1) is 6.92 Å². The third kappa shape index (κ3) is 5.92. The van der Waals surface area contributed by atoms with Gasteiger partial charge in [0.15, 0.2) is 0 Å². The highest BCUT2D eigenvalue weighted by molar-refractivity contribution is 6.25. The summed E-state index contributed by atoms with van der Waals surface area (Å²) in [6.45, 7) is 9.12. The summed E-state index contributed by atoms with van der Waals surface area (Å²) in [6, 6.07) is 74.3. The second kappa shape index (κ2) is 14.0. The van der Waals surface area contributed by atoms with Crippen molar-refractivity contribution in [3.05, 3.63) is 211 Å². The number of fused-ring (bicyclic) bond motifs is 7. The number of anilines is 3. The Morgan fingerprint density at radius 3 is 1.43 bits per heavy atom. The average Bonchev–Trinajstić information content (AvgIpc) is 3.28. The van der Waals surface area contributed by atoms with Crippen molar-refractivity contribution in [1.82, 2.24) is 0 Å². The Bertz CT molecular complexity index is 3280. The molecule has 0 aliphatic heterocycles. The average molecular weight is 768 g/mol. The van der Waals surface area contributed by atoms with Crippen LogP contribution in [0.1, 0.15) is 31.9 Å². The van der Waals surface area contributed by atoms with Gasteiger partial charge in [0, 0.05) is 17.1 Å². The number of hydrogen-bond donors (Lipinski definition) is 0. The fourth-order valence-corrected chi connectivity index (χ4v) is 9.51. The van der Waals surface area contributed by atoms with E-state index < -0.39 is 0 Å². The van der Waals surface area contributed by atoms with Gasteiger partial charge < -0.3 is 4.90 Å². The molecule has 0 saturated heterocycles. The Balaban J connectivity index is 1.11. The van der Waals surface area contributed by atoms with E-state index in [1.165, 1.54) is 105 Å². The smallest absolute Gasteiger partial charge is 0.0493 e. The molecule has 10 aromatic carbocycles. The van der Waals surface area contributed by atoms with Crippen molar-refractivity contribution in [2.24, 2.45) is 0 Å². The molecule has 0 amide bonds. The third-order valence-electron chi connectivity index (χ3n) is 12.6. The Morgan fingerprint density at radius 2 is 0.850 bits per heavy atom. The van der Waals surface area contributed by atoms with E-state index in [0.717, 1.165) is 11.4 Å². The second-order valence-corrected chi connectivity index (χ2v) is 17.4. The molecule has 0 saturated carbocycles. The summed E-state index contributed by atoms with van der Waals surface area (Å²) in [5, 5.41) is 7.61. The molecule has 0 heterocycles. The fraction of sp³-hybridized carbons (Fsp3) is 0.0847. The minimum Gasteiger partial charge on any atom is -0.310 e. The first-order chi connectivity index (χ1) is 29.3. The highest BCUT2D eigenvalue weighted by Gasteiger charge is 2.28. The van der Waals surface area contributed by atoms with Gasteiger partial charge in [0.1, 0.15) is 0 Å². The van der Waals surface area contributed by atoms with Crippen LogP contribution < -0.4 is 4.90 Å². The lowest BCUT2D eigenvalue weighted by atomic mass is 9.75. The summed E-state index contributed by atoms with van der Waals surface area (Å²) >= 11 is 0. The maximum absolute atomic E-state index is 2.48. The molecule has 1 heteroatoms. The standard InChI is InChI=1S/C59H45N/c1-38-27-29-45(59(2,3)4)35-56(38)60(46-24-16-23-42(31-46)39-17-8-5-9-18-39)47-30-28-43-33-50-51(34-44(43)32-47)53-37-55-54(36-52(50)53)57(40-19-10-6-11-20-40)48-25-14-15-26-49(48)58(55)41-21-12-7-13-22-41/h5-37H,1-4H3. The van der Waals surface area contributed by atoms with Crippen molar-refractivity contribution in [3.63, 3.8) is 0 Å². The number of nitrogens with zero attached hydrogens (tertiary/aromatic N) is 1. The molecular weight excluding hydrogens is 723 g/mol. The van der Waals surface area contributed by atoms with E-state index in [0.29, 0.717) is 0 Å². The highest BCUT2D eigenvalue weighted by atomic mass is 15.1. The minimum absolute atomic E-state index is 0.0117. The summed E-state index contributed by atoms with van der Waals surface area (Å²) < 4.78 is 0. The van der Waals surface area contributed by atoms with Crippen molar-refractivity contribution < 1.29 is 0 Å². The monoisotopic (exact) mass is 767 g/mol. The van der Waals surface area contributed by atoms with E-state index in [-0.39, 0.29) is 5.41 Å². The third-order valence-corrected chi connectivity index (χ3v) is 12.6. The fourth-order valence-electron chi connectivity index (χ4n) is 9.51. The van der Waals surface area contributed by atoms with Gasteiger partial charge in [0.05, 0.1) is 0 Å². The van der Waals surface area contributed by atoms with Crippen LogP contribution in [-0.4, -0.2) is 0 Å². The molecule has 0 N–H and O–H groups in total. The van der Waals surface area contributed by atoms with Crippen LogP contribution in [0.15, 0.2) is 200 Å². The number of hydrogen-bond acceptors (Lipinski definition) is 1. The van der Waals surface area contributed by atoms with E-state index in [1.807, 2.05) is 0 Å². The molecule has 0 atom stereocenters. The first-order valence-electron chi connectivity index (χ1n) is 21.1. The molecule has 0 fully saturated rings. The molecule has 60 heavy (non-hydrogen) atoms. The summed E-state index contributed by atoms with van der Waals surface area (Å²) in [6.07, 6.45) is 0. The van der Waals surface area contributed by atoms with Crippen molar-refractivity contribution in [1.29, 1.82) is 0 Å². The maximum atomic E-state index is 2.48. The van der Waals surface area contributed by atoms with Crippen molar-refractivity contribution in [3.8, 4) is 55.6 Å². The maximum Gasteiger partial charge on any atom is 0.0493 e. The Morgan fingerprint density at radius 1 is 0.350 bits per heavy atom. The summed E-state index contributed by atoms with van der Waals surface area (Å²) in [5.74, 6) is 0. The molecule has 1 aliphatic carbocycles. The van der Waals surface area contributed by atoms with Gasteiger partial charge in [0.2, 0.25) is 0 Å². The van der Waals surface area contributed by atoms with Gasteiger partial charge in [0.25, 0.3) is 0 Å². The number of rotatable bonds is 6. The molecule has 0 unspecified atom stereocenters. The number of benzene rings is 10. The molecule has 286 valence electrons. The van der Waals surface area contributed by atoms with Crippen LogP contribution in [0.2, 0.25) is 0 Å². The second-order valence-electron chi connectivity index (χ2n) is 17.4. The topological polar surface area (TPSA) is 3.24 Å². The van der Waals surface area contributed by atoms with Crippen LogP contribution in [0.5, 0.6) is 0 Å². The normalized spacial score (nSPS) is 12.0. The highest BCUT2D eigenvalue weighted by Crippen LogP contribution is 2.54. The Labute approximate surface area is 352 Å². The van der Waals surface area contributed by atoms with Crippen molar-refractivity contribution in [2.75, 3.05) is 4.90 Å². The first-order valence-corrected chi connectivity index (χ1v) is 21.1. The largest absolute Gasteiger partial charge is 0.310 e. The molecule has 0 aromatic heterocycles. The lowest BCUT2D eigenvalue weighted by molar-refractivity contribution is 0.590. The molecule has 0 radical (unpaired) electrons. The molecule has 0 spiro atoms. The van der Waals surface area contributed by atoms with Crippen LogP contribution in [0.25, 0.3) is 88.0 Å². The van der Waals surface area contributed by atoms with E-state index in [4.69, 9.17) is 0 Å². The predicted molar refractivity (Wildman–Crippen MR) is 258 cm³/mol. The Hall–Kier alpha value is -7.22. The van der Waals surface area contributed by atoms with E-state index in [9.17, 15) is 0 Å². The van der Waals surface area contributed by atoms with E-state index in [1.54, 1.807) is 0 Å². The SMILES string of the molecule is Cc1ccc(C(C)(C)C)cc1N(c1cccc(-c2ccccc2)c1)c1ccc2cc3c(cc2c1)-c1cc2c(-c4ccccc4)c4ccccc4c(-c4ccccc4)c2cc1-3. The molecular formula is C59H45N. The zero-order valence-corrected chi connectivity index (χ0v) is 34.5. The quantitative estimate of drug-likeness (QED) is 0.152. The molecule has 11 rings (SSSR count). The van der Waals surface area contributed by atoms with Crippen LogP contribution in [0.3, 0.4) is 0 Å². The van der Waals surface area contributed by atoms with Gasteiger partial charge in [-0.25, -0.2) is 0 Å². The Kier molecular flexibility index (Phi) is 8.36. The van der Waals surface area contributed by atoms with Crippen molar-refractivity contribution >= 4 is 49.4 Å². The van der Waals surface area contributed by atoms with Gasteiger partial charge in [-0.2, -0.15) is 0 Å².